The van der Waals surface area contributed by atoms with Gasteiger partial charge in [0.2, 0.25) is 21.8 Å². The molecule has 0 spiro atoms. The predicted octanol–water partition coefficient (Wildman–Crippen LogP) is 3.19. The van der Waals surface area contributed by atoms with Crippen LogP contribution in [0.2, 0.25) is 5.02 Å². The molecule has 1 aliphatic rings. The summed E-state index contributed by atoms with van der Waals surface area (Å²) >= 11 is 6.07. The molecule has 12 heteroatoms. The Morgan fingerprint density at radius 3 is 1.93 bits per heavy atom. The Kier molecular flexibility index (Phi) is 8.26. The van der Waals surface area contributed by atoms with E-state index in [2.05, 4.69) is 4.98 Å². The molecule has 10 nitrogen and oxygen atoms in total. The molecule has 42 heavy (non-hydrogen) atoms. The molecule has 3 amide bonds. The Bertz CT molecular complexity index is 1740. The zero-order valence-electron chi connectivity index (χ0n) is 22.4. The van der Waals surface area contributed by atoms with E-state index >= 15 is 0 Å². The minimum atomic E-state index is -4.10. The maximum absolute atomic E-state index is 13.9. The van der Waals surface area contributed by atoms with E-state index in [1.807, 2.05) is 12.1 Å². The molecule has 1 saturated heterocycles. The quantitative estimate of drug-likeness (QED) is 0.314. The molecule has 5 rings (SSSR count). The fraction of sp³-hybridized carbons (Fsp3) is 0.200. The third kappa shape index (κ3) is 6.13. The van der Waals surface area contributed by atoms with Gasteiger partial charge in [0.05, 0.1) is 17.0 Å². The van der Waals surface area contributed by atoms with Crippen molar-refractivity contribution < 1.29 is 22.8 Å². The summed E-state index contributed by atoms with van der Waals surface area (Å²) in [6, 6.07) is 18.5. The molecule has 1 aliphatic heterocycles. The number of primary amides is 2. The lowest BCUT2D eigenvalue weighted by Gasteiger charge is -2.45. The van der Waals surface area contributed by atoms with Gasteiger partial charge in [-0.2, -0.15) is 4.31 Å². The third-order valence-electron chi connectivity index (χ3n) is 7.28. The van der Waals surface area contributed by atoms with E-state index in [1.54, 1.807) is 60.9 Å². The first-order valence-electron chi connectivity index (χ1n) is 13.1. The summed E-state index contributed by atoms with van der Waals surface area (Å²) < 4.78 is 28.9. The molecule has 216 valence electrons. The number of nitrogens with zero attached hydrogens (tertiary/aromatic N) is 3. The van der Waals surface area contributed by atoms with Crippen molar-refractivity contribution in [1.82, 2.24) is 14.2 Å². The molecule has 1 fully saturated rings. The van der Waals surface area contributed by atoms with Crippen LogP contribution in [-0.2, 0) is 19.6 Å². The number of fused-ring (bicyclic) bond motifs is 1. The van der Waals surface area contributed by atoms with Gasteiger partial charge in [0.25, 0.3) is 5.91 Å². The highest BCUT2D eigenvalue weighted by Gasteiger charge is 2.43. The SMILES string of the molecule is NC(=O)C[C@@H]1CN(S(=O)(=O)c2ccc3cc(Cl)ccc3c2)C[C@H](CC(N)=O)N1C(=O)c1ccc(-c2ccncc2)cc1. The molecule has 3 aromatic carbocycles. The number of halogens is 1. The number of carbonyl (C=O) groups excluding carboxylic acids is 3. The number of hydrogen-bond donors (Lipinski definition) is 2. The fourth-order valence-corrected chi connectivity index (χ4v) is 7.07. The molecule has 0 aliphatic carbocycles. The van der Waals surface area contributed by atoms with Gasteiger partial charge in [-0.15, -0.1) is 0 Å². The molecule has 4 N–H and O–H groups in total. The molecule has 2 heterocycles. The summed E-state index contributed by atoms with van der Waals surface area (Å²) in [6.45, 7) is -0.389. The average Bonchev–Trinajstić information content (AvgIpc) is 2.96. The van der Waals surface area contributed by atoms with E-state index < -0.39 is 39.8 Å². The zero-order valence-corrected chi connectivity index (χ0v) is 24.0. The van der Waals surface area contributed by atoms with Gasteiger partial charge in [-0.05, 0) is 70.4 Å². The molecule has 0 bridgehead atoms. The Morgan fingerprint density at radius 1 is 0.786 bits per heavy atom. The summed E-state index contributed by atoms with van der Waals surface area (Å²) in [4.78, 5) is 43.5. The highest BCUT2D eigenvalue weighted by Crippen LogP contribution is 2.30. The van der Waals surface area contributed by atoms with Gasteiger partial charge in [-0.1, -0.05) is 35.9 Å². The highest BCUT2D eigenvalue weighted by atomic mass is 35.5. The lowest BCUT2D eigenvalue weighted by atomic mass is 9.99. The standard InChI is InChI=1S/C30H28ClN5O5S/c31-24-7-5-23-14-27(8-6-22(23)13-24)42(40,41)35-17-25(15-28(32)37)36(26(18-35)16-29(33)38)30(39)21-3-1-19(2-4-21)20-9-11-34-12-10-20/h1-14,25-26H,15-18H2,(H2,32,37)(H2,33,38)/t25-,26+. The normalized spacial score (nSPS) is 17.7. The van der Waals surface area contributed by atoms with Crippen molar-refractivity contribution >= 4 is 50.1 Å². The molecular formula is C30H28ClN5O5S. The lowest BCUT2D eigenvalue weighted by Crippen LogP contribution is -2.62. The van der Waals surface area contributed by atoms with E-state index in [-0.39, 0.29) is 30.8 Å². The van der Waals surface area contributed by atoms with Crippen LogP contribution in [0.5, 0.6) is 0 Å². The lowest BCUT2D eigenvalue weighted by molar-refractivity contribution is -0.120. The van der Waals surface area contributed by atoms with Crippen molar-refractivity contribution in [3.05, 3.63) is 95.8 Å². The minimum Gasteiger partial charge on any atom is -0.370 e. The van der Waals surface area contributed by atoms with Crippen molar-refractivity contribution in [2.75, 3.05) is 13.1 Å². The van der Waals surface area contributed by atoms with E-state index in [0.717, 1.165) is 16.5 Å². The third-order valence-corrected chi connectivity index (χ3v) is 9.34. The van der Waals surface area contributed by atoms with Crippen LogP contribution >= 0.6 is 11.6 Å². The molecule has 1 aromatic heterocycles. The maximum Gasteiger partial charge on any atom is 0.254 e. The van der Waals surface area contributed by atoms with Gasteiger partial charge in [0.15, 0.2) is 0 Å². The Balaban J connectivity index is 1.48. The fourth-order valence-electron chi connectivity index (χ4n) is 5.34. The van der Waals surface area contributed by atoms with Gasteiger partial charge < -0.3 is 16.4 Å². The van der Waals surface area contributed by atoms with Gasteiger partial charge in [-0.25, -0.2) is 8.42 Å². The first-order chi connectivity index (χ1) is 20.0. The van der Waals surface area contributed by atoms with Crippen molar-refractivity contribution in [3.63, 3.8) is 0 Å². The van der Waals surface area contributed by atoms with E-state index in [9.17, 15) is 22.8 Å². The first-order valence-corrected chi connectivity index (χ1v) is 14.9. The van der Waals surface area contributed by atoms with Gasteiger partial charge in [0, 0.05) is 48.9 Å². The molecule has 0 radical (unpaired) electrons. The maximum atomic E-state index is 13.9. The minimum absolute atomic E-state index is 0.0273. The second-order valence-electron chi connectivity index (χ2n) is 10.1. The summed E-state index contributed by atoms with van der Waals surface area (Å²) in [5, 5.41) is 1.96. The zero-order chi connectivity index (χ0) is 30.0. The Labute approximate surface area is 247 Å². The summed E-state index contributed by atoms with van der Waals surface area (Å²) in [6.07, 6.45) is 2.72. The number of hydrogen-bond acceptors (Lipinski definition) is 6. The van der Waals surface area contributed by atoms with Crippen LogP contribution in [-0.4, -0.2) is 65.5 Å². The molecule has 0 saturated carbocycles. The number of sulfonamides is 1. The van der Waals surface area contributed by atoms with Crippen LogP contribution in [0, 0.1) is 0 Å². The molecule has 2 atom stereocenters. The smallest absolute Gasteiger partial charge is 0.254 e. The van der Waals surface area contributed by atoms with Crippen LogP contribution in [0.25, 0.3) is 21.9 Å². The number of benzene rings is 3. The van der Waals surface area contributed by atoms with Crippen molar-refractivity contribution in [1.29, 1.82) is 0 Å². The van der Waals surface area contributed by atoms with E-state index in [4.69, 9.17) is 23.1 Å². The topological polar surface area (TPSA) is 157 Å². The Hall–Kier alpha value is -4.32. The van der Waals surface area contributed by atoms with Crippen molar-refractivity contribution in [2.45, 2.75) is 29.8 Å². The summed E-state index contributed by atoms with van der Waals surface area (Å²) in [7, 11) is -4.10. The first kappa shape index (κ1) is 29.2. The van der Waals surface area contributed by atoms with Crippen LogP contribution < -0.4 is 11.5 Å². The summed E-state index contributed by atoms with van der Waals surface area (Å²) in [5.74, 6) is -1.90. The second kappa shape index (κ2) is 11.9. The number of amides is 3. The van der Waals surface area contributed by atoms with Gasteiger partial charge in [0.1, 0.15) is 0 Å². The molecule has 0 unspecified atom stereocenters. The van der Waals surface area contributed by atoms with Gasteiger partial charge >= 0.3 is 0 Å². The van der Waals surface area contributed by atoms with Crippen LogP contribution in [0.3, 0.4) is 0 Å². The van der Waals surface area contributed by atoms with Gasteiger partial charge in [-0.3, -0.25) is 19.4 Å². The average molecular weight is 606 g/mol. The van der Waals surface area contributed by atoms with Crippen LogP contribution in [0.1, 0.15) is 23.2 Å². The van der Waals surface area contributed by atoms with E-state index in [0.29, 0.717) is 16.0 Å². The molecule has 4 aromatic rings. The monoisotopic (exact) mass is 605 g/mol. The summed E-state index contributed by atoms with van der Waals surface area (Å²) in [5.41, 5.74) is 13.2. The number of piperazine rings is 1. The Morgan fingerprint density at radius 2 is 1.33 bits per heavy atom. The molecular weight excluding hydrogens is 578 g/mol. The number of nitrogens with two attached hydrogens (primary N) is 2. The van der Waals surface area contributed by atoms with Crippen molar-refractivity contribution in [3.8, 4) is 11.1 Å². The van der Waals surface area contributed by atoms with Crippen LogP contribution in [0.4, 0.5) is 0 Å². The highest BCUT2D eigenvalue weighted by molar-refractivity contribution is 7.89. The van der Waals surface area contributed by atoms with Crippen molar-refractivity contribution in [2.24, 2.45) is 11.5 Å². The number of carbonyl (C=O) groups is 3. The van der Waals surface area contributed by atoms with E-state index in [1.165, 1.54) is 21.3 Å². The number of pyridine rings is 1. The van der Waals surface area contributed by atoms with Crippen LogP contribution in [0.15, 0.2) is 90.1 Å². The number of rotatable bonds is 8. The second-order valence-corrected chi connectivity index (χ2v) is 12.5. The largest absolute Gasteiger partial charge is 0.370 e. The predicted molar refractivity (Wildman–Crippen MR) is 159 cm³/mol. The number of aromatic nitrogens is 1.